The first-order chi connectivity index (χ1) is 13.4. The number of hydrogen-bond donors (Lipinski definition) is 1. The maximum Gasteiger partial charge on any atom is 0.242 e. The average Bonchev–Trinajstić information content (AvgIpc) is 2.67. The summed E-state index contributed by atoms with van der Waals surface area (Å²) in [7, 11) is 0. The van der Waals surface area contributed by atoms with Crippen LogP contribution in [0.4, 0.5) is 0 Å². The van der Waals surface area contributed by atoms with E-state index in [9.17, 15) is 9.59 Å². The summed E-state index contributed by atoms with van der Waals surface area (Å²) < 4.78 is 0. The minimum Gasteiger partial charge on any atom is -0.354 e. The van der Waals surface area contributed by atoms with Crippen LogP contribution in [0.5, 0.6) is 0 Å². The first-order valence-electron chi connectivity index (χ1n) is 9.78. The third kappa shape index (κ3) is 6.68. The van der Waals surface area contributed by atoms with Gasteiger partial charge in [0, 0.05) is 18.1 Å². The monoisotopic (exact) mass is 400 g/mol. The number of nitrogens with zero attached hydrogens (tertiary/aromatic N) is 1. The summed E-state index contributed by atoms with van der Waals surface area (Å²) >= 11 is 5.94. The molecular formula is C23H29ClN2O2. The Morgan fingerprint density at radius 1 is 1.11 bits per heavy atom. The maximum atomic E-state index is 13.1. The van der Waals surface area contributed by atoms with Gasteiger partial charge < -0.3 is 10.2 Å². The van der Waals surface area contributed by atoms with Crippen molar-refractivity contribution in [3.63, 3.8) is 0 Å². The van der Waals surface area contributed by atoms with Crippen molar-refractivity contribution in [1.82, 2.24) is 10.2 Å². The summed E-state index contributed by atoms with van der Waals surface area (Å²) in [6, 6.07) is 14.7. The molecule has 0 spiro atoms. The van der Waals surface area contributed by atoms with Crippen molar-refractivity contribution in [3.8, 4) is 0 Å². The summed E-state index contributed by atoms with van der Waals surface area (Å²) in [5, 5.41) is 3.57. The van der Waals surface area contributed by atoms with Crippen LogP contribution in [0, 0.1) is 6.92 Å². The highest BCUT2D eigenvalue weighted by molar-refractivity contribution is 6.30. The van der Waals surface area contributed by atoms with Crippen LogP contribution in [0.2, 0.25) is 5.02 Å². The predicted molar refractivity (Wildman–Crippen MR) is 114 cm³/mol. The standard InChI is InChI=1S/C23H29ClN2O2/c1-4-5-13-25-23(28)18(3)26(16-20-8-6-7-17(2)14-20)22(27)15-19-9-11-21(24)12-10-19/h6-12,14,18H,4-5,13,15-16H2,1-3H3,(H,25,28)/t18-/m1/s1. The average molecular weight is 401 g/mol. The molecule has 0 fully saturated rings. The molecular weight excluding hydrogens is 372 g/mol. The molecule has 0 aliphatic heterocycles. The van der Waals surface area contributed by atoms with Gasteiger partial charge in [0.15, 0.2) is 0 Å². The Labute approximate surface area is 172 Å². The van der Waals surface area contributed by atoms with Gasteiger partial charge >= 0.3 is 0 Å². The predicted octanol–water partition coefficient (Wildman–Crippen LogP) is 4.52. The van der Waals surface area contributed by atoms with Gasteiger partial charge in [-0.05, 0) is 43.5 Å². The Morgan fingerprint density at radius 3 is 2.46 bits per heavy atom. The van der Waals surface area contributed by atoms with Gasteiger partial charge in [0.1, 0.15) is 6.04 Å². The van der Waals surface area contributed by atoms with E-state index in [1.807, 2.05) is 43.3 Å². The second kappa shape index (κ2) is 10.9. The Morgan fingerprint density at radius 2 is 1.82 bits per heavy atom. The topological polar surface area (TPSA) is 49.4 Å². The van der Waals surface area contributed by atoms with E-state index in [1.54, 1.807) is 24.0 Å². The van der Waals surface area contributed by atoms with Crippen molar-refractivity contribution in [2.45, 2.75) is 52.6 Å². The molecule has 0 bridgehead atoms. The van der Waals surface area contributed by atoms with E-state index in [1.165, 1.54) is 0 Å². The minimum absolute atomic E-state index is 0.0815. The number of hydrogen-bond acceptors (Lipinski definition) is 2. The zero-order valence-electron chi connectivity index (χ0n) is 16.9. The number of unbranched alkanes of at least 4 members (excludes halogenated alkanes) is 1. The second-order valence-corrected chi connectivity index (χ2v) is 7.57. The lowest BCUT2D eigenvalue weighted by Crippen LogP contribution is -2.48. The highest BCUT2D eigenvalue weighted by Gasteiger charge is 2.26. The van der Waals surface area contributed by atoms with Crippen molar-refractivity contribution in [1.29, 1.82) is 0 Å². The summed E-state index contributed by atoms with van der Waals surface area (Å²) in [6.45, 7) is 6.91. The number of halogens is 1. The lowest BCUT2D eigenvalue weighted by atomic mass is 10.1. The van der Waals surface area contributed by atoms with Crippen LogP contribution in [0.3, 0.4) is 0 Å². The number of carbonyl (C=O) groups is 2. The highest BCUT2D eigenvalue weighted by atomic mass is 35.5. The third-order valence-electron chi connectivity index (χ3n) is 4.70. The van der Waals surface area contributed by atoms with Gasteiger partial charge in [0.2, 0.25) is 11.8 Å². The number of benzene rings is 2. The number of rotatable bonds is 9. The van der Waals surface area contributed by atoms with E-state index < -0.39 is 6.04 Å². The maximum absolute atomic E-state index is 13.1. The zero-order valence-corrected chi connectivity index (χ0v) is 17.6. The van der Waals surface area contributed by atoms with Crippen molar-refractivity contribution < 1.29 is 9.59 Å². The highest BCUT2D eigenvalue weighted by Crippen LogP contribution is 2.15. The van der Waals surface area contributed by atoms with E-state index in [0.29, 0.717) is 18.1 Å². The van der Waals surface area contributed by atoms with Crippen LogP contribution in [-0.2, 0) is 22.6 Å². The van der Waals surface area contributed by atoms with Crippen LogP contribution in [0.25, 0.3) is 0 Å². The molecule has 2 amide bonds. The van der Waals surface area contributed by atoms with Crippen molar-refractivity contribution >= 4 is 23.4 Å². The van der Waals surface area contributed by atoms with Crippen LogP contribution in [-0.4, -0.2) is 29.3 Å². The first-order valence-corrected chi connectivity index (χ1v) is 10.2. The van der Waals surface area contributed by atoms with Crippen LogP contribution < -0.4 is 5.32 Å². The molecule has 2 aromatic carbocycles. The Kier molecular flexibility index (Phi) is 8.52. The van der Waals surface area contributed by atoms with E-state index in [4.69, 9.17) is 11.6 Å². The summed E-state index contributed by atoms with van der Waals surface area (Å²) in [4.78, 5) is 27.3. The summed E-state index contributed by atoms with van der Waals surface area (Å²) in [5.41, 5.74) is 3.02. The van der Waals surface area contributed by atoms with Crippen LogP contribution in [0.1, 0.15) is 43.4 Å². The van der Waals surface area contributed by atoms with Gasteiger partial charge in [-0.15, -0.1) is 0 Å². The minimum atomic E-state index is -0.544. The lowest BCUT2D eigenvalue weighted by Gasteiger charge is -2.29. The molecule has 4 nitrogen and oxygen atoms in total. The van der Waals surface area contributed by atoms with Gasteiger partial charge in [-0.1, -0.05) is 66.9 Å². The molecule has 1 N–H and O–H groups in total. The number of amides is 2. The van der Waals surface area contributed by atoms with Crippen molar-refractivity contribution in [2.75, 3.05) is 6.54 Å². The molecule has 0 unspecified atom stereocenters. The van der Waals surface area contributed by atoms with Crippen LogP contribution >= 0.6 is 11.6 Å². The van der Waals surface area contributed by atoms with Crippen molar-refractivity contribution in [2.24, 2.45) is 0 Å². The molecule has 28 heavy (non-hydrogen) atoms. The SMILES string of the molecule is CCCCNC(=O)[C@@H](C)N(Cc1cccc(C)c1)C(=O)Cc1ccc(Cl)cc1. The number of nitrogens with one attached hydrogen (secondary N) is 1. The molecule has 0 saturated heterocycles. The number of aryl methyl sites for hydroxylation is 1. The molecule has 0 radical (unpaired) electrons. The zero-order chi connectivity index (χ0) is 20.5. The Hall–Kier alpha value is -2.33. The van der Waals surface area contributed by atoms with E-state index in [2.05, 4.69) is 12.2 Å². The largest absolute Gasteiger partial charge is 0.354 e. The fourth-order valence-corrected chi connectivity index (χ4v) is 3.13. The molecule has 150 valence electrons. The fourth-order valence-electron chi connectivity index (χ4n) is 3.00. The summed E-state index contributed by atoms with van der Waals surface area (Å²) in [6.07, 6.45) is 2.17. The molecule has 1 atom stereocenters. The third-order valence-corrected chi connectivity index (χ3v) is 4.95. The second-order valence-electron chi connectivity index (χ2n) is 7.13. The normalized spacial score (nSPS) is 11.7. The van der Waals surface area contributed by atoms with E-state index in [0.717, 1.165) is 29.5 Å². The van der Waals surface area contributed by atoms with Gasteiger partial charge in [-0.3, -0.25) is 9.59 Å². The van der Waals surface area contributed by atoms with Crippen molar-refractivity contribution in [3.05, 3.63) is 70.2 Å². The summed E-state index contributed by atoms with van der Waals surface area (Å²) in [5.74, 6) is -0.201. The van der Waals surface area contributed by atoms with Gasteiger partial charge in [-0.2, -0.15) is 0 Å². The Balaban J connectivity index is 2.17. The lowest BCUT2D eigenvalue weighted by molar-refractivity contribution is -0.140. The van der Waals surface area contributed by atoms with E-state index in [-0.39, 0.29) is 18.2 Å². The molecule has 5 heteroatoms. The molecule has 2 rings (SSSR count). The van der Waals surface area contributed by atoms with Gasteiger partial charge in [-0.25, -0.2) is 0 Å². The quantitative estimate of drug-likeness (QED) is 0.629. The van der Waals surface area contributed by atoms with Gasteiger partial charge in [0.05, 0.1) is 6.42 Å². The molecule has 0 heterocycles. The Bertz CT molecular complexity index is 789. The molecule has 0 aliphatic carbocycles. The molecule has 0 saturated carbocycles. The van der Waals surface area contributed by atoms with Gasteiger partial charge in [0.25, 0.3) is 0 Å². The smallest absolute Gasteiger partial charge is 0.242 e. The number of carbonyl (C=O) groups excluding carboxylic acids is 2. The first kappa shape index (κ1) is 22.0. The van der Waals surface area contributed by atoms with E-state index >= 15 is 0 Å². The van der Waals surface area contributed by atoms with Crippen LogP contribution in [0.15, 0.2) is 48.5 Å². The molecule has 2 aromatic rings. The fraction of sp³-hybridized carbons (Fsp3) is 0.391. The molecule has 0 aromatic heterocycles. The molecule has 0 aliphatic rings.